The molecule has 0 aliphatic heterocycles. The fraction of sp³-hybridized carbons (Fsp3) is 0.600. The lowest BCUT2D eigenvalue weighted by molar-refractivity contribution is -0.137. The molecule has 1 rings (SSSR count). The van der Waals surface area contributed by atoms with Crippen molar-refractivity contribution < 1.29 is 14.4 Å². The molecule has 0 aliphatic carbocycles. The van der Waals surface area contributed by atoms with Crippen LogP contribution in [0, 0.1) is 6.92 Å². The molecule has 5 heteroatoms. The first-order valence-corrected chi connectivity index (χ1v) is 5.03. The molecule has 0 bridgehead atoms. The third-order valence-electron chi connectivity index (χ3n) is 1.98. The smallest absolute Gasteiger partial charge is 0.303 e. The van der Waals surface area contributed by atoms with Gasteiger partial charge in [-0.15, -0.1) is 0 Å². The number of carboxylic acid groups (broad SMARTS) is 1. The van der Waals surface area contributed by atoms with E-state index in [0.717, 1.165) is 24.4 Å². The van der Waals surface area contributed by atoms with Crippen LogP contribution in [0.3, 0.4) is 0 Å². The molecular weight excluding hydrogens is 196 g/mol. The van der Waals surface area contributed by atoms with Crippen molar-refractivity contribution in [3.05, 3.63) is 17.5 Å². The molecular formula is C10H16N2O3. The number of unbranched alkanes of at least 4 members (excludes halogenated alkanes) is 1. The van der Waals surface area contributed by atoms with Crippen LogP contribution >= 0.6 is 0 Å². The Bertz CT molecular complexity index is 309. The van der Waals surface area contributed by atoms with Gasteiger partial charge in [0.1, 0.15) is 5.76 Å². The maximum atomic E-state index is 10.2. The summed E-state index contributed by atoms with van der Waals surface area (Å²) in [5, 5.41) is 15.4. The van der Waals surface area contributed by atoms with Crippen molar-refractivity contribution in [2.45, 2.75) is 32.7 Å². The van der Waals surface area contributed by atoms with Gasteiger partial charge in [-0.2, -0.15) is 0 Å². The number of aromatic nitrogens is 1. The topological polar surface area (TPSA) is 75.4 Å². The molecule has 15 heavy (non-hydrogen) atoms. The molecule has 0 atom stereocenters. The average Bonchev–Trinajstić information content (AvgIpc) is 2.57. The predicted octanol–water partition coefficient (Wildman–Crippen LogP) is 1.33. The van der Waals surface area contributed by atoms with Gasteiger partial charge in [0.25, 0.3) is 0 Å². The number of aliphatic carboxylic acids is 1. The summed E-state index contributed by atoms with van der Waals surface area (Å²) in [6.45, 7) is 3.33. The van der Waals surface area contributed by atoms with E-state index in [2.05, 4.69) is 10.5 Å². The minimum Gasteiger partial charge on any atom is -0.481 e. The minimum absolute atomic E-state index is 0.241. The normalized spacial score (nSPS) is 10.5. The summed E-state index contributed by atoms with van der Waals surface area (Å²) in [6.07, 6.45) is 1.81. The molecule has 0 saturated carbocycles. The summed E-state index contributed by atoms with van der Waals surface area (Å²) < 4.78 is 4.91. The number of rotatable bonds is 7. The number of carboxylic acids is 1. The SMILES string of the molecule is Cc1cc(CNCCCCC(=O)O)no1. The summed E-state index contributed by atoms with van der Waals surface area (Å²) in [5.74, 6) is 0.0693. The maximum Gasteiger partial charge on any atom is 0.303 e. The van der Waals surface area contributed by atoms with Crippen LogP contribution in [0.5, 0.6) is 0 Å². The number of nitrogens with zero attached hydrogens (tertiary/aromatic N) is 1. The third kappa shape index (κ3) is 5.17. The highest BCUT2D eigenvalue weighted by atomic mass is 16.5. The molecule has 5 nitrogen and oxygen atoms in total. The molecule has 84 valence electrons. The van der Waals surface area contributed by atoms with E-state index in [-0.39, 0.29) is 6.42 Å². The van der Waals surface area contributed by atoms with E-state index in [4.69, 9.17) is 9.63 Å². The molecule has 0 spiro atoms. The van der Waals surface area contributed by atoms with E-state index in [9.17, 15) is 4.79 Å². The average molecular weight is 212 g/mol. The zero-order valence-electron chi connectivity index (χ0n) is 8.82. The van der Waals surface area contributed by atoms with Gasteiger partial charge in [-0.3, -0.25) is 4.79 Å². The van der Waals surface area contributed by atoms with Gasteiger partial charge in [0.15, 0.2) is 0 Å². The fourth-order valence-corrected chi connectivity index (χ4v) is 1.24. The number of carbonyl (C=O) groups is 1. The number of aryl methyl sites for hydroxylation is 1. The van der Waals surface area contributed by atoms with Crippen molar-refractivity contribution >= 4 is 5.97 Å². The second kappa shape index (κ2) is 6.19. The van der Waals surface area contributed by atoms with E-state index in [1.165, 1.54) is 0 Å². The zero-order chi connectivity index (χ0) is 11.1. The van der Waals surface area contributed by atoms with Crippen molar-refractivity contribution in [2.75, 3.05) is 6.54 Å². The van der Waals surface area contributed by atoms with Gasteiger partial charge in [0.2, 0.25) is 0 Å². The summed E-state index contributed by atoms with van der Waals surface area (Å²) in [5.41, 5.74) is 0.880. The van der Waals surface area contributed by atoms with Crippen LogP contribution in [0.25, 0.3) is 0 Å². The highest BCUT2D eigenvalue weighted by molar-refractivity contribution is 5.66. The highest BCUT2D eigenvalue weighted by Crippen LogP contribution is 2.00. The Morgan fingerprint density at radius 1 is 1.60 bits per heavy atom. The lowest BCUT2D eigenvalue weighted by Crippen LogP contribution is -2.15. The molecule has 0 radical (unpaired) electrons. The van der Waals surface area contributed by atoms with Gasteiger partial charge in [-0.1, -0.05) is 5.16 Å². The molecule has 1 aromatic rings. The van der Waals surface area contributed by atoms with E-state index >= 15 is 0 Å². The number of hydrogen-bond acceptors (Lipinski definition) is 4. The monoisotopic (exact) mass is 212 g/mol. The minimum atomic E-state index is -0.734. The lowest BCUT2D eigenvalue weighted by atomic mass is 10.2. The predicted molar refractivity (Wildman–Crippen MR) is 54.4 cm³/mol. The van der Waals surface area contributed by atoms with Crippen molar-refractivity contribution in [1.29, 1.82) is 0 Å². The first kappa shape index (κ1) is 11.7. The Morgan fingerprint density at radius 2 is 2.40 bits per heavy atom. The van der Waals surface area contributed by atoms with Gasteiger partial charge in [0, 0.05) is 19.0 Å². The molecule has 2 N–H and O–H groups in total. The lowest BCUT2D eigenvalue weighted by Gasteiger charge is -2.00. The fourth-order valence-electron chi connectivity index (χ4n) is 1.24. The van der Waals surface area contributed by atoms with Gasteiger partial charge < -0.3 is 14.9 Å². The van der Waals surface area contributed by atoms with Gasteiger partial charge in [-0.05, 0) is 26.3 Å². The summed E-state index contributed by atoms with van der Waals surface area (Å²) >= 11 is 0. The standard InChI is InChI=1S/C10H16N2O3/c1-8-6-9(12-15-8)7-11-5-3-2-4-10(13)14/h6,11H,2-5,7H2,1H3,(H,13,14). The molecule has 0 aliphatic rings. The molecule has 1 aromatic heterocycles. The van der Waals surface area contributed by atoms with Crippen LogP contribution in [0.15, 0.2) is 10.6 Å². The van der Waals surface area contributed by atoms with Crippen LogP contribution in [0.2, 0.25) is 0 Å². The maximum absolute atomic E-state index is 10.2. The summed E-state index contributed by atoms with van der Waals surface area (Å²) in [7, 11) is 0. The Hall–Kier alpha value is -1.36. The third-order valence-corrected chi connectivity index (χ3v) is 1.98. The van der Waals surface area contributed by atoms with Crippen molar-refractivity contribution in [1.82, 2.24) is 10.5 Å². The van der Waals surface area contributed by atoms with Crippen LogP contribution < -0.4 is 5.32 Å². The largest absolute Gasteiger partial charge is 0.481 e. The quantitative estimate of drug-likeness (QED) is 0.667. The molecule has 0 saturated heterocycles. The summed E-state index contributed by atoms with van der Waals surface area (Å²) in [4.78, 5) is 10.2. The van der Waals surface area contributed by atoms with Gasteiger partial charge in [0.05, 0.1) is 5.69 Å². The second-order valence-electron chi connectivity index (χ2n) is 3.46. The van der Waals surface area contributed by atoms with Crippen molar-refractivity contribution in [2.24, 2.45) is 0 Å². The Balaban J connectivity index is 2.00. The van der Waals surface area contributed by atoms with Crippen LogP contribution in [-0.4, -0.2) is 22.8 Å². The van der Waals surface area contributed by atoms with E-state index in [1.807, 2.05) is 13.0 Å². The van der Waals surface area contributed by atoms with Crippen LogP contribution in [0.4, 0.5) is 0 Å². The Labute approximate surface area is 88.5 Å². The van der Waals surface area contributed by atoms with Gasteiger partial charge in [-0.25, -0.2) is 0 Å². The second-order valence-corrected chi connectivity index (χ2v) is 3.46. The van der Waals surface area contributed by atoms with E-state index in [1.54, 1.807) is 0 Å². The number of hydrogen-bond donors (Lipinski definition) is 2. The van der Waals surface area contributed by atoms with Crippen LogP contribution in [0.1, 0.15) is 30.7 Å². The summed E-state index contributed by atoms with van der Waals surface area (Å²) in [6, 6.07) is 1.88. The Kier molecular flexibility index (Phi) is 4.83. The molecule has 0 amide bonds. The Morgan fingerprint density at radius 3 is 3.00 bits per heavy atom. The number of nitrogens with one attached hydrogen (secondary N) is 1. The first-order chi connectivity index (χ1) is 7.18. The zero-order valence-corrected chi connectivity index (χ0v) is 8.82. The molecule has 0 aromatic carbocycles. The molecule has 0 fully saturated rings. The van der Waals surface area contributed by atoms with E-state index < -0.39 is 5.97 Å². The van der Waals surface area contributed by atoms with Crippen LogP contribution in [-0.2, 0) is 11.3 Å². The van der Waals surface area contributed by atoms with E-state index in [0.29, 0.717) is 13.0 Å². The first-order valence-electron chi connectivity index (χ1n) is 5.03. The van der Waals surface area contributed by atoms with Crippen molar-refractivity contribution in [3.63, 3.8) is 0 Å². The highest BCUT2D eigenvalue weighted by Gasteiger charge is 1.99. The molecule has 0 unspecified atom stereocenters. The molecule has 1 heterocycles. The van der Waals surface area contributed by atoms with Gasteiger partial charge >= 0.3 is 5.97 Å². The van der Waals surface area contributed by atoms with Crippen molar-refractivity contribution in [3.8, 4) is 0 Å².